The quantitative estimate of drug-likeness (QED) is 0.645. The van der Waals surface area contributed by atoms with Gasteiger partial charge in [0.2, 0.25) is 0 Å². The van der Waals surface area contributed by atoms with Gasteiger partial charge in [-0.15, -0.1) is 11.8 Å². The Labute approximate surface area is 124 Å². The highest BCUT2D eigenvalue weighted by atomic mass is 32.2. The van der Waals surface area contributed by atoms with Gasteiger partial charge in [0.15, 0.2) is 0 Å². The van der Waals surface area contributed by atoms with Crippen LogP contribution in [-0.2, 0) is 14.3 Å². The van der Waals surface area contributed by atoms with Gasteiger partial charge in [0.1, 0.15) is 6.04 Å². The van der Waals surface area contributed by atoms with Gasteiger partial charge in [0.25, 0.3) is 0 Å². The van der Waals surface area contributed by atoms with Crippen molar-refractivity contribution in [3.63, 3.8) is 0 Å². The molecule has 2 unspecified atom stereocenters. The number of methoxy groups -OCH3 is 1. The van der Waals surface area contributed by atoms with Crippen molar-refractivity contribution >= 4 is 17.7 Å². The number of carbonyl (C=O) groups excluding carboxylic acids is 1. The standard InChI is InChI=1S/C15H21NO3S/c1-18-15(17)14(16-10-12-4-3-9-19-12)11-5-7-13(20-2)8-6-11/h5-8,12,14,16H,3-4,9-10H2,1-2H3. The van der Waals surface area contributed by atoms with E-state index in [0.717, 1.165) is 25.0 Å². The molecule has 0 amide bonds. The summed E-state index contributed by atoms with van der Waals surface area (Å²) in [4.78, 5) is 13.1. The predicted molar refractivity (Wildman–Crippen MR) is 80.0 cm³/mol. The molecule has 1 N–H and O–H groups in total. The molecule has 0 aromatic heterocycles. The number of rotatable bonds is 6. The first-order valence-electron chi connectivity index (χ1n) is 6.81. The highest BCUT2D eigenvalue weighted by Gasteiger charge is 2.23. The predicted octanol–water partition coefficient (Wildman–Crippen LogP) is 2.39. The lowest BCUT2D eigenvalue weighted by atomic mass is 10.1. The molecule has 0 aliphatic carbocycles. The van der Waals surface area contributed by atoms with Gasteiger partial charge in [-0.25, -0.2) is 4.79 Å². The minimum absolute atomic E-state index is 0.202. The summed E-state index contributed by atoms with van der Waals surface area (Å²) in [5, 5.41) is 3.26. The Bertz CT molecular complexity index is 429. The van der Waals surface area contributed by atoms with Crippen LogP contribution in [0, 0.1) is 0 Å². The Kier molecular flexibility index (Phi) is 5.88. The van der Waals surface area contributed by atoms with E-state index in [1.807, 2.05) is 30.5 Å². The second-order valence-corrected chi connectivity index (χ2v) is 5.65. The van der Waals surface area contributed by atoms with Crippen molar-refractivity contribution in [1.29, 1.82) is 0 Å². The van der Waals surface area contributed by atoms with Crippen LogP contribution in [0.1, 0.15) is 24.4 Å². The third-order valence-corrected chi connectivity index (χ3v) is 4.20. The van der Waals surface area contributed by atoms with Crippen molar-refractivity contribution in [2.75, 3.05) is 26.5 Å². The van der Waals surface area contributed by atoms with E-state index in [9.17, 15) is 4.79 Å². The molecule has 0 radical (unpaired) electrons. The van der Waals surface area contributed by atoms with Crippen molar-refractivity contribution < 1.29 is 14.3 Å². The lowest BCUT2D eigenvalue weighted by Crippen LogP contribution is -2.35. The van der Waals surface area contributed by atoms with Crippen molar-refractivity contribution in [3.05, 3.63) is 29.8 Å². The molecule has 2 rings (SSSR count). The second-order valence-electron chi connectivity index (χ2n) is 4.77. The number of carbonyl (C=O) groups is 1. The van der Waals surface area contributed by atoms with Crippen LogP contribution in [0.3, 0.4) is 0 Å². The lowest BCUT2D eigenvalue weighted by molar-refractivity contribution is -0.143. The van der Waals surface area contributed by atoms with Crippen molar-refractivity contribution in [2.45, 2.75) is 29.9 Å². The second kappa shape index (κ2) is 7.67. The molecule has 1 saturated heterocycles. The summed E-state index contributed by atoms with van der Waals surface area (Å²) in [5.41, 5.74) is 0.924. The van der Waals surface area contributed by atoms with Crippen molar-refractivity contribution in [2.24, 2.45) is 0 Å². The van der Waals surface area contributed by atoms with Crippen LogP contribution in [-0.4, -0.2) is 38.6 Å². The molecule has 1 fully saturated rings. The molecule has 1 aromatic rings. The van der Waals surface area contributed by atoms with Gasteiger partial charge < -0.3 is 9.47 Å². The summed E-state index contributed by atoms with van der Waals surface area (Å²) in [6.45, 7) is 1.49. The third kappa shape index (κ3) is 3.98. The number of ether oxygens (including phenoxy) is 2. The molecule has 1 aromatic carbocycles. The molecule has 1 aliphatic rings. The minimum Gasteiger partial charge on any atom is -0.468 e. The fourth-order valence-electron chi connectivity index (χ4n) is 2.31. The topological polar surface area (TPSA) is 47.6 Å². The summed E-state index contributed by atoms with van der Waals surface area (Å²) in [7, 11) is 1.42. The van der Waals surface area contributed by atoms with E-state index in [2.05, 4.69) is 5.32 Å². The lowest BCUT2D eigenvalue weighted by Gasteiger charge is -2.19. The monoisotopic (exact) mass is 295 g/mol. The maximum absolute atomic E-state index is 11.9. The summed E-state index contributed by atoms with van der Waals surface area (Å²) in [6.07, 6.45) is 4.37. The molecule has 5 heteroatoms. The van der Waals surface area contributed by atoms with Crippen LogP contribution in [0.5, 0.6) is 0 Å². The largest absolute Gasteiger partial charge is 0.468 e. The molecule has 1 aliphatic heterocycles. The first kappa shape index (κ1) is 15.4. The molecule has 20 heavy (non-hydrogen) atoms. The number of thioether (sulfide) groups is 1. The number of nitrogens with one attached hydrogen (secondary N) is 1. The Balaban J connectivity index is 2.03. The summed E-state index contributed by atoms with van der Waals surface area (Å²) in [6, 6.07) is 7.54. The molecule has 0 bridgehead atoms. The number of hydrogen-bond acceptors (Lipinski definition) is 5. The van der Waals surface area contributed by atoms with E-state index in [-0.39, 0.29) is 12.1 Å². The Hall–Kier alpha value is -1.04. The molecule has 4 nitrogen and oxygen atoms in total. The maximum Gasteiger partial charge on any atom is 0.327 e. The van der Waals surface area contributed by atoms with E-state index < -0.39 is 6.04 Å². The van der Waals surface area contributed by atoms with Gasteiger partial charge in [0, 0.05) is 18.0 Å². The van der Waals surface area contributed by atoms with Gasteiger partial charge in [-0.05, 0) is 36.8 Å². The molecule has 0 spiro atoms. The molecule has 1 heterocycles. The Morgan fingerprint density at radius 1 is 1.50 bits per heavy atom. The molecule has 2 atom stereocenters. The average molecular weight is 295 g/mol. The zero-order valence-electron chi connectivity index (χ0n) is 11.9. The van der Waals surface area contributed by atoms with E-state index in [0.29, 0.717) is 6.54 Å². The molecule has 0 saturated carbocycles. The fraction of sp³-hybridized carbons (Fsp3) is 0.533. The number of esters is 1. The van der Waals surface area contributed by atoms with E-state index in [4.69, 9.17) is 9.47 Å². The van der Waals surface area contributed by atoms with Crippen LogP contribution in [0.4, 0.5) is 0 Å². The molecular formula is C15H21NO3S. The van der Waals surface area contributed by atoms with Gasteiger partial charge in [-0.3, -0.25) is 5.32 Å². The normalized spacial score (nSPS) is 19.8. The van der Waals surface area contributed by atoms with Crippen LogP contribution in [0.25, 0.3) is 0 Å². The van der Waals surface area contributed by atoms with Crippen molar-refractivity contribution in [3.8, 4) is 0 Å². The van der Waals surface area contributed by atoms with Crippen LogP contribution in [0.15, 0.2) is 29.2 Å². The highest BCUT2D eigenvalue weighted by Crippen LogP contribution is 2.21. The van der Waals surface area contributed by atoms with E-state index >= 15 is 0 Å². The summed E-state index contributed by atoms with van der Waals surface area (Å²) < 4.78 is 10.5. The maximum atomic E-state index is 11.9. The molecular weight excluding hydrogens is 274 g/mol. The van der Waals surface area contributed by atoms with E-state index in [1.165, 1.54) is 12.0 Å². The number of benzene rings is 1. The first-order chi connectivity index (χ1) is 9.74. The van der Waals surface area contributed by atoms with Gasteiger partial charge >= 0.3 is 5.97 Å². The third-order valence-electron chi connectivity index (χ3n) is 3.46. The van der Waals surface area contributed by atoms with Gasteiger partial charge in [-0.2, -0.15) is 0 Å². The molecule has 110 valence electrons. The van der Waals surface area contributed by atoms with Crippen LogP contribution < -0.4 is 5.32 Å². The minimum atomic E-state index is -0.430. The fourth-order valence-corrected chi connectivity index (χ4v) is 2.71. The highest BCUT2D eigenvalue weighted by molar-refractivity contribution is 7.98. The smallest absolute Gasteiger partial charge is 0.327 e. The van der Waals surface area contributed by atoms with E-state index in [1.54, 1.807) is 11.8 Å². The SMILES string of the molecule is COC(=O)C(NCC1CCCO1)c1ccc(SC)cc1. The van der Waals surface area contributed by atoms with Crippen LogP contribution >= 0.6 is 11.8 Å². The number of hydrogen-bond donors (Lipinski definition) is 1. The van der Waals surface area contributed by atoms with Crippen molar-refractivity contribution in [1.82, 2.24) is 5.32 Å². The summed E-state index contributed by atoms with van der Waals surface area (Å²) >= 11 is 1.68. The first-order valence-corrected chi connectivity index (χ1v) is 8.04. The van der Waals surface area contributed by atoms with Crippen LogP contribution in [0.2, 0.25) is 0 Å². The Morgan fingerprint density at radius 2 is 2.25 bits per heavy atom. The zero-order chi connectivity index (χ0) is 14.4. The summed E-state index contributed by atoms with van der Waals surface area (Å²) in [5.74, 6) is -0.264. The average Bonchev–Trinajstić information content (AvgIpc) is 3.01. The van der Waals surface area contributed by atoms with Gasteiger partial charge in [-0.1, -0.05) is 12.1 Å². The van der Waals surface area contributed by atoms with Gasteiger partial charge in [0.05, 0.1) is 13.2 Å². The zero-order valence-corrected chi connectivity index (χ0v) is 12.7. The Morgan fingerprint density at radius 3 is 2.80 bits per heavy atom.